The number of rotatable bonds is 6. The van der Waals surface area contributed by atoms with Gasteiger partial charge in [0.2, 0.25) is 0 Å². The molecule has 0 fully saturated rings. The standard InChI is InChI=1S/C8H15.Li/c1-3-5-7-8-6-4-2;/h3H,1-2,4-8H2;. The van der Waals surface area contributed by atoms with Crippen LogP contribution in [-0.2, 0) is 0 Å². The van der Waals surface area contributed by atoms with E-state index in [-0.39, 0.29) is 0 Å². The van der Waals surface area contributed by atoms with Gasteiger partial charge in [-0.1, -0.05) is 0 Å². The molecule has 0 aromatic heterocycles. The first-order valence-corrected chi connectivity index (χ1v) is 4.02. The Balaban J connectivity index is 2.66. The average Bonchev–Trinajstić information content (AvgIpc) is 1.89. The number of hydrogen-bond donors (Lipinski definition) is 0. The van der Waals surface area contributed by atoms with Crippen LogP contribution in [0, 0.1) is 0 Å². The predicted molar refractivity (Wildman–Crippen MR) is 43.8 cm³/mol. The summed E-state index contributed by atoms with van der Waals surface area (Å²) in [5, 5.41) is 1.34. The van der Waals surface area contributed by atoms with Crippen molar-refractivity contribution in [2.45, 2.75) is 37.2 Å². The molecule has 0 heterocycles. The third-order valence-corrected chi connectivity index (χ3v) is 1.51. The molecule has 0 unspecified atom stereocenters. The van der Waals surface area contributed by atoms with E-state index < -0.39 is 0 Å². The summed E-state index contributed by atoms with van der Waals surface area (Å²) in [6, 6.07) is 0. The maximum atomic E-state index is 3.68. The van der Waals surface area contributed by atoms with Crippen LogP contribution in [0.2, 0.25) is 5.09 Å². The molecule has 0 spiro atoms. The van der Waals surface area contributed by atoms with Crippen molar-refractivity contribution >= 4 is 17.7 Å². The van der Waals surface area contributed by atoms with Gasteiger partial charge in [0.1, 0.15) is 0 Å². The Bertz CT molecular complexity index is 59.6. The van der Waals surface area contributed by atoms with Gasteiger partial charge < -0.3 is 0 Å². The van der Waals surface area contributed by atoms with Gasteiger partial charge in [-0.3, -0.25) is 0 Å². The zero-order valence-electron chi connectivity index (χ0n) is 6.53. The molecule has 0 rings (SSSR count). The normalized spacial score (nSPS) is 9.56. The summed E-state index contributed by atoms with van der Waals surface area (Å²) < 4.78 is 0. The van der Waals surface area contributed by atoms with Gasteiger partial charge >= 0.3 is 67.6 Å². The Morgan fingerprint density at radius 3 is 2.33 bits per heavy atom. The molecule has 0 aliphatic carbocycles. The molecule has 0 atom stereocenters. The Morgan fingerprint density at radius 1 is 1.11 bits per heavy atom. The van der Waals surface area contributed by atoms with Gasteiger partial charge in [0.05, 0.1) is 0 Å². The van der Waals surface area contributed by atoms with Gasteiger partial charge in [-0.15, -0.1) is 0 Å². The molecule has 0 bridgehead atoms. The quantitative estimate of drug-likeness (QED) is 0.286. The first-order chi connectivity index (χ1) is 4.41. The summed E-state index contributed by atoms with van der Waals surface area (Å²) in [7, 11) is 0. The SMILES string of the molecule is [Li][CH2]CCCCCC=C. The van der Waals surface area contributed by atoms with E-state index in [1.165, 1.54) is 37.2 Å². The zero-order chi connectivity index (χ0) is 6.95. The van der Waals surface area contributed by atoms with E-state index >= 15 is 0 Å². The Labute approximate surface area is 67.9 Å². The van der Waals surface area contributed by atoms with Gasteiger partial charge in [-0.05, 0) is 0 Å². The molecule has 0 aromatic rings. The molecular formula is C8H15Li. The molecular weight excluding hydrogens is 103 g/mol. The van der Waals surface area contributed by atoms with Crippen LogP contribution in [0.5, 0.6) is 0 Å². The van der Waals surface area contributed by atoms with Crippen LogP contribution in [0.3, 0.4) is 0 Å². The van der Waals surface area contributed by atoms with Crippen LogP contribution < -0.4 is 0 Å². The maximum absolute atomic E-state index is 3.68. The van der Waals surface area contributed by atoms with Crippen LogP contribution in [-0.4, -0.2) is 17.7 Å². The topological polar surface area (TPSA) is 0 Å². The molecule has 0 aliphatic heterocycles. The van der Waals surface area contributed by atoms with Crippen molar-refractivity contribution in [3.63, 3.8) is 0 Å². The molecule has 0 aromatic carbocycles. The molecule has 0 saturated carbocycles. The van der Waals surface area contributed by atoms with Crippen LogP contribution in [0.15, 0.2) is 12.7 Å². The van der Waals surface area contributed by atoms with E-state index in [4.69, 9.17) is 0 Å². The van der Waals surface area contributed by atoms with Gasteiger partial charge in [0.25, 0.3) is 0 Å². The van der Waals surface area contributed by atoms with Crippen LogP contribution in [0.4, 0.5) is 0 Å². The Kier molecular flexibility index (Phi) is 8.65. The average molecular weight is 118 g/mol. The molecule has 1 heteroatoms. The van der Waals surface area contributed by atoms with E-state index in [0.717, 1.165) is 0 Å². The van der Waals surface area contributed by atoms with Crippen molar-refractivity contribution in [1.82, 2.24) is 0 Å². The second-order valence-electron chi connectivity index (χ2n) is 2.49. The Morgan fingerprint density at radius 2 is 1.78 bits per heavy atom. The third kappa shape index (κ3) is 8.34. The van der Waals surface area contributed by atoms with Gasteiger partial charge in [-0.2, -0.15) is 0 Å². The van der Waals surface area contributed by atoms with Crippen LogP contribution in [0.1, 0.15) is 32.1 Å². The zero-order valence-corrected chi connectivity index (χ0v) is 6.53. The fourth-order valence-electron chi connectivity index (χ4n) is 0.892. The number of unbranched alkanes of at least 4 members (excludes halogenated alkanes) is 4. The van der Waals surface area contributed by atoms with Crippen molar-refractivity contribution in [2.75, 3.05) is 0 Å². The van der Waals surface area contributed by atoms with E-state index in [0.29, 0.717) is 0 Å². The molecule has 9 heavy (non-hydrogen) atoms. The van der Waals surface area contributed by atoms with Crippen molar-refractivity contribution in [3.8, 4) is 0 Å². The predicted octanol–water partition coefficient (Wildman–Crippen LogP) is 2.71. The minimum absolute atomic E-state index is 1.20. The fraction of sp³-hybridized carbons (Fsp3) is 0.750. The number of allylic oxidation sites excluding steroid dienone is 1. The fourth-order valence-corrected chi connectivity index (χ4v) is 0.892. The first kappa shape index (κ1) is 9.34. The van der Waals surface area contributed by atoms with E-state index in [2.05, 4.69) is 24.3 Å². The molecule has 0 radical (unpaired) electrons. The molecule has 48 valence electrons. The van der Waals surface area contributed by atoms with Gasteiger partial charge in [-0.25, -0.2) is 0 Å². The molecule has 0 aliphatic rings. The third-order valence-electron chi connectivity index (χ3n) is 1.51. The molecule has 0 saturated heterocycles. The van der Waals surface area contributed by atoms with Crippen molar-refractivity contribution in [2.24, 2.45) is 0 Å². The minimum atomic E-state index is 1.20. The van der Waals surface area contributed by atoms with Gasteiger partial charge in [0, 0.05) is 0 Å². The van der Waals surface area contributed by atoms with Crippen LogP contribution in [0.25, 0.3) is 0 Å². The van der Waals surface area contributed by atoms with Crippen LogP contribution >= 0.6 is 0 Å². The summed E-state index contributed by atoms with van der Waals surface area (Å²) in [5.74, 6) is 0. The molecule has 0 nitrogen and oxygen atoms in total. The van der Waals surface area contributed by atoms with Crippen molar-refractivity contribution in [1.29, 1.82) is 0 Å². The van der Waals surface area contributed by atoms with Crippen molar-refractivity contribution in [3.05, 3.63) is 12.7 Å². The van der Waals surface area contributed by atoms with Crippen molar-refractivity contribution < 1.29 is 0 Å². The van der Waals surface area contributed by atoms with E-state index in [1.54, 1.807) is 0 Å². The first-order valence-electron chi connectivity index (χ1n) is 4.02. The second kappa shape index (κ2) is 8.34. The summed E-state index contributed by atoms with van der Waals surface area (Å²) in [4.78, 5) is 0. The molecule has 0 amide bonds. The van der Waals surface area contributed by atoms with E-state index in [9.17, 15) is 0 Å². The number of hydrogen-bond acceptors (Lipinski definition) is 0. The van der Waals surface area contributed by atoms with E-state index in [1.807, 2.05) is 6.08 Å². The summed E-state index contributed by atoms with van der Waals surface area (Å²) in [5.41, 5.74) is 0. The second-order valence-corrected chi connectivity index (χ2v) is 2.49. The summed E-state index contributed by atoms with van der Waals surface area (Å²) in [6.07, 6.45) is 8.74. The summed E-state index contributed by atoms with van der Waals surface area (Å²) in [6.45, 7) is 3.68. The Hall–Kier alpha value is 0.337. The van der Waals surface area contributed by atoms with Gasteiger partial charge in [0.15, 0.2) is 0 Å². The molecule has 0 N–H and O–H groups in total. The monoisotopic (exact) mass is 118 g/mol. The summed E-state index contributed by atoms with van der Waals surface area (Å²) >= 11 is 2.24.